The van der Waals surface area contributed by atoms with E-state index in [9.17, 15) is 13.2 Å². The van der Waals surface area contributed by atoms with Gasteiger partial charge in [-0.05, 0) is 67.9 Å². The minimum absolute atomic E-state index is 0.0203. The molecule has 0 radical (unpaired) electrons. The van der Waals surface area contributed by atoms with Gasteiger partial charge in [0.05, 0.1) is 10.6 Å². The molecule has 5 rings (SSSR count). The summed E-state index contributed by atoms with van der Waals surface area (Å²) in [6, 6.07) is 6.35. The van der Waals surface area contributed by atoms with Crippen molar-refractivity contribution in [2.45, 2.75) is 67.8 Å². The largest absolute Gasteiger partial charge is 0.325 e. The maximum absolute atomic E-state index is 12.6. The van der Waals surface area contributed by atoms with E-state index in [1.54, 1.807) is 29.8 Å². The molecule has 2 heterocycles. The van der Waals surface area contributed by atoms with Crippen molar-refractivity contribution in [1.29, 1.82) is 0 Å². The number of sulfonamides is 1. The molecule has 180 valence electrons. The van der Waals surface area contributed by atoms with Crippen LogP contribution < -0.4 is 10.0 Å². The van der Waals surface area contributed by atoms with E-state index in [0.29, 0.717) is 11.6 Å². The number of nitrogens with one attached hydrogen (secondary N) is 2. The second-order valence-electron chi connectivity index (χ2n) is 9.17. The van der Waals surface area contributed by atoms with Crippen LogP contribution in [0.5, 0.6) is 0 Å². The number of aryl methyl sites for hydroxylation is 1. The number of fused-ring (bicyclic) bond motifs is 3. The maximum atomic E-state index is 12.6. The van der Waals surface area contributed by atoms with Gasteiger partial charge in [0, 0.05) is 22.0 Å². The van der Waals surface area contributed by atoms with Gasteiger partial charge < -0.3 is 5.32 Å². The second-order valence-corrected chi connectivity index (χ2v) is 12.9. The van der Waals surface area contributed by atoms with E-state index < -0.39 is 10.0 Å². The van der Waals surface area contributed by atoms with Gasteiger partial charge >= 0.3 is 0 Å². The van der Waals surface area contributed by atoms with Crippen LogP contribution in [0.4, 0.5) is 5.69 Å². The zero-order valence-corrected chi connectivity index (χ0v) is 21.5. The van der Waals surface area contributed by atoms with Crippen molar-refractivity contribution in [3.63, 3.8) is 0 Å². The van der Waals surface area contributed by atoms with Crippen molar-refractivity contribution in [3.05, 3.63) is 41.0 Å². The quantitative estimate of drug-likeness (QED) is 0.347. The van der Waals surface area contributed by atoms with Crippen LogP contribution in [0.2, 0.25) is 0 Å². The molecular weight excluding hydrogens is 488 g/mol. The molecule has 1 fully saturated rings. The Balaban J connectivity index is 1.22. The van der Waals surface area contributed by atoms with E-state index in [4.69, 9.17) is 0 Å². The average molecular weight is 517 g/mol. The summed E-state index contributed by atoms with van der Waals surface area (Å²) in [4.78, 5) is 24.2. The van der Waals surface area contributed by atoms with Crippen molar-refractivity contribution >= 4 is 54.9 Å². The van der Waals surface area contributed by atoms with Crippen LogP contribution in [0.25, 0.3) is 10.2 Å². The summed E-state index contributed by atoms with van der Waals surface area (Å²) in [6.07, 6.45) is 8.76. The number of hydrogen-bond donors (Lipinski definition) is 2. The van der Waals surface area contributed by atoms with Gasteiger partial charge in [-0.3, -0.25) is 4.79 Å². The predicted molar refractivity (Wildman–Crippen MR) is 137 cm³/mol. The fourth-order valence-corrected chi connectivity index (χ4v) is 8.28. The summed E-state index contributed by atoms with van der Waals surface area (Å²) in [5, 5.41) is 4.82. The molecule has 0 bridgehead atoms. The van der Waals surface area contributed by atoms with E-state index >= 15 is 0 Å². The molecule has 1 atom stereocenters. The minimum Gasteiger partial charge on any atom is -0.325 e. The van der Waals surface area contributed by atoms with Gasteiger partial charge in [-0.15, -0.1) is 11.3 Å². The summed E-state index contributed by atoms with van der Waals surface area (Å²) in [6.45, 7) is 2.28. The second kappa shape index (κ2) is 9.93. The first kappa shape index (κ1) is 23.7. The number of nitrogens with zero attached hydrogens (tertiary/aromatic N) is 2. The Labute approximate surface area is 208 Å². The molecule has 2 aliphatic carbocycles. The molecule has 7 nitrogen and oxygen atoms in total. The normalized spacial score (nSPS) is 18.8. The minimum atomic E-state index is -3.54. The summed E-state index contributed by atoms with van der Waals surface area (Å²) < 4.78 is 27.9. The van der Waals surface area contributed by atoms with Crippen LogP contribution in [0, 0.1) is 5.92 Å². The van der Waals surface area contributed by atoms with E-state index in [2.05, 4.69) is 26.9 Å². The predicted octanol–water partition coefficient (Wildman–Crippen LogP) is 4.77. The lowest BCUT2D eigenvalue weighted by atomic mass is 9.89. The lowest BCUT2D eigenvalue weighted by molar-refractivity contribution is -0.113. The van der Waals surface area contributed by atoms with Gasteiger partial charge in [0.1, 0.15) is 16.2 Å². The Hall–Kier alpha value is -2.01. The number of carbonyl (C=O) groups excluding carboxylic acids is 1. The highest BCUT2D eigenvalue weighted by Gasteiger charge is 2.24. The number of thiophene rings is 1. The fraction of sp³-hybridized carbons (Fsp3) is 0.458. The number of hydrogen-bond acceptors (Lipinski definition) is 7. The first-order valence-corrected chi connectivity index (χ1v) is 15.0. The van der Waals surface area contributed by atoms with E-state index in [-0.39, 0.29) is 22.6 Å². The third-order valence-corrected chi connectivity index (χ3v) is 10.2. The van der Waals surface area contributed by atoms with Crippen LogP contribution in [0.3, 0.4) is 0 Å². The topological polar surface area (TPSA) is 101 Å². The van der Waals surface area contributed by atoms with Crippen molar-refractivity contribution in [2.75, 3.05) is 11.1 Å². The highest BCUT2D eigenvalue weighted by molar-refractivity contribution is 8.00. The molecule has 1 aromatic carbocycles. The molecule has 0 aliphatic heterocycles. The Morgan fingerprint density at radius 3 is 2.68 bits per heavy atom. The van der Waals surface area contributed by atoms with Gasteiger partial charge in [-0.1, -0.05) is 31.5 Å². The molecule has 1 amide bonds. The zero-order valence-electron chi connectivity index (χ0n) is 19.0. The number of benzene rings is 1. The maximum Gasteiger partial charge on any atom is 0.240 e. The molecule has 2 N–H and O–H groups in total. The smallest absolute Gasteiger partial charge is 0.240 e. The number of thioether (sulfide) groups is 1. The van der Waals surface area contributed by atoms with E-state index in [1.807, 2.05) is 0 Å². The monoisotopic (exact) mass is 516 g/mol. The fourth-order valence-electron chi connectivity index (χ4n) is 4.74. The number of carbonyl (C=O) groups is 1. The Bertz CT molecular complexity index is 1300. The lowest BCUT2D eigenvalue weighted by Gasteiger charge is -2.18. The van der Waals surface area contributed by atoms with Crippen LogP contribution in [-0.4, -0.2) is 36.1 Å². The average Bonchev–Trinajstić information content (AvgIpc) is 3.44. The van der Waals surface area contributed by atoms with Crippen molar-refractivity contribution in [1.82, 2.24) is 14.7 Å². The molecule has 3 aromatic rings. The van der Waals surface area contributed by atoms with Gasteiger partial charge in [0.15, 0.2) is 0 Å². The SMILES string of the molecule is C[C@H]1CCc2c(sc3ncnc(SCC(=O)Nc4ccc(S(=O)(=O)NC5CCCC5)cc4)c23)C1. The van der Waals surface area contributed by atoms with Gasteiger partial charge in [0.25, 0.3) is 0 Å². The van der Waals surface area contributed by atoms with Crippen molar-refractivity contribution in [3.8, 4) is 0 Å². The highest BCUT2D eigenvalue weighted by atomic mass is 32.2. The van der Waals surface area contributed by atoms with E-state index in [0.717, 1.165) is 53.8 Å². The zero-order chi connectivity index (χ0) is 23.7. The summed E-state index contributed by atoms with van der Waals surface area (Å²) in [5.74, 6) is 0.751. The Morgan fingerprint density at radius 2 is 1.91 bits per heavy atom. The van der Waals surface area contributed by atoms with Crippen LogP contribution >= 0.6 is 23.1 Å². The van der Waals surface area contributed by atoms with Crippen LogP contribution in [0.1, 0.15) is 49.5 Å². The molecule has 10 heteroatoms. The number of amides is 1. The third kappa shape index (κ3) is 5.15. The molecule has 2 aromatic heterocycles. The molecular formula is C24H28N4O3S3. The summed E-state index contributed by atoms with van der Waals surface area (Å²) >= 11 is 3.17. The highest BCUT2D eigenvalue weighted by Crippen LogP contribution is 2.40. The first-order valence-electron chi connectivity index (χ1n) is 11.7. The summed E-state index contributed by atoms with van der Waals surface area (Å²) in [5.41, 5.74) is 1.92. The number of aromatic nitrogens is 2. The number of rotatable bonds is 7. The first-order chi connectivity index (χ1) is 16.4. The molecule has 2 aliphatic rings. The standard InChI is InChI=1S/C24H28N4O3S3/c1-15-6-11-19-20(12-15)33-24-22(19)23(25-14-26-24)32-13-21(29)27-16-7-9-18(10-8-16)34(30,31)28-17-4-2-3-5-17/h7-10,14-15,17,28H,2-6,11-13H2,1H3,(H,27,29)/t15-/m0/s1. The molecule has 0 unspecified atom stereocenters. The van der Waals surface area contributed by atoms with Gasteiger partial charge in [-0.2, -0.15) is 0 Å². The van der Waals surface area contributed by atoms with Crippen LogP contribution in [0.15, 0.2) is 40.5 Å². The van der Waals surface area contributed by atoms with Crippen LogP contribution in [-0.2, 0) is 27.7 Å². The Morgan fingerprint density at radius 1 is 1.15 bits per heavy atom. The number of anilines is 1. The van der Waals surface area contributed by atoms with Crippen molar-refractivity contribution < 1.29 is 13.2 Å². The molecule has 0 spiro atoms. The summed E-state index contributed by atoms with van der Waals surface area (Å²) in [7, 11) is -3.54. The molecule has 34 heavy (non-hydrogen) atoms. The van der Waals surface area contributed by atoms with Gasteiger partial charge in [-0.25, -0.2) is 23.1 Å². The third-order valence-electron chi connectivity index (χ3n) is 6.52. The molecule has 0 saturated heterocycles. The lowest BCUT2D eigenvalue weighted by Crippen LogP contribution is -2.32. The van der Waals surface area contributed by atoms with E-state index in [1.165, 1.54) is 40.8 Å². The molecule has 1 saturated carbocycles. The Kier molecular flexibility index (Phi) is 6.92. The van der Waals surface area contributed by atoms with Crippen molar-refractivity contribution in [2.24, 2.45) is 5.92 Å². The van der Waals surface area contributed by atoms with Gasteiger partial charge in [0.2, 0.25) is 15.9 Å².